The molecule has 0 saturated heterocycles. The molecule has 0 bridgehead atoms. The first-order valence-corrected chi connectivity index (χ1v) is 7.55. The summed E-state index contributed by atoms with van der Waals surface area (Å²) < 4.78 is 0. The standard InChI is InChI=1S/C20H21NO/c1-14(21(2)3)16-8-6-9-17(13-16)20-18-10-5-4-7-15(18)11-12-19(20)22/h4-14,22H,1-3H3. The largest absolute Gasteiger partial charge is 0.507 e. The Hall–Kier alpha value is -2.32. The molecule has 0 aliphatic heterocycles. The average molecular weight is 291 g/mol. The molecule has 3 aromatic carbocycles. The molecule has 22 heavy (non-hydrogen) atoms. The SMILES string of the molecule is CC(c1cccc(-c2c(O)ccc3ccccc23)c1)N(C)C. The highest BCUT2D eigenvalue weighted by molar-refractivity contribution is 5.99. The Morgan fingerprint density at radius 3 is 2.45 bits per heavy atom. The maximum atomic E-state index is 10.4. The van der Waals surface area contributed by atoms with Crippen LogP contribution in [-0.4, -0.2) is 24.1 Å². The van der Waals surface area contributed by atoms with E-state index in [0.29, 0.717) is 11.8 Å². The van der Waals surface area contributed by atoms with Crippen molar-refractivity contribution in [2.75, 3.05) is 14.1 Å². The highest BCUT2D eigenvalue weighted by Crippen LogP contribution is 2.37. The highest BCUT2D eigenvalue weighted by Gasteiger charge is 2.12. The molecule has 0 amide bonds. The maximum absolute atomic E-state index is 10.4. The van der Waals surface area contributed by atoms with Gasteiger partial charge < -0.3 is 10.0 Å². The number of hydrogen-bond donors (Lipinski definition) is 1. The van der Waals surface area contributed by atoms with Crippen molar-refractivity contribution in [1.82, 2.24) is 4.90 Å². The number of phenols is 1. The van der Waals surface area contributed by atoms with Crippen LogP contribution in [0.2, 0.25) is 0 Å². The van der Waals surface area contributed by atoms with Gasteiger partial charge in [0.2, 0.25) is 0 Å². The van der Waals surface area contributed by atoms with Crippen LogP contribution in [0, 0.1) is 0 Å². The summed E-state index contributed by atoms with van der Waals surface area (Å²) in [5.74, 6) is 0.327. The van der Waals surface area contributed by atoms with Crippen LogP contribution < -0.4 is 0 Å². The first-order valence-electron chi connectivity index (χ1n) is 7.55. The van der Waals surface area contributed by atoms with Gasteiger partial charge in [-0.15, -0.1) is 0 Å². The van der Waals surface area contributed by atoms with Crippen LogP contribution in [0.1, 0.15) is 18.5 Å². The smallest absolute Gasteiger partial charge is 0.124 e. The van der Waals surface area contributed by atoms with E-state index in [0.717, 1.165) is 21.9 Å². The second-order valence-corrected chi connectivity index (χ2v) is 5.95. The van der Waals surface area contributed by atoms with Gasteiger partial charge in [-0.2, -0.15) is 0 Å². The van der Waals surface area contributed by atoms with Gasteiger partial charge in [-0.05, 0) is 55.1 Å². The van der Waals surface area contributed by atoms with Gasteiger partial charge in [0, 0.05) is 11.6 Å². The zero-order valence-corrected chi connectivity index (χ0v) is 13.2. The van der Waals surface area contributed by atoms with Crippen molar-refractivity contribution in [3.8, 4) is 16.9 Å². The van der Waals surface area contributed by atoms with Crippen molar-refractivity contribution in [3.05, 3.63) is 66.2 Å². The number of nitrogens with zero attached hydrogens (tertiary/aromatic N) is 1. The lowest BCUT2D eigenvalue weighted by atomic mass is 9.94. The number of phenolic OH excluding ortho intramolecular Hbond substituents is 1. The summed E-state index contributed by atoms with van der Waals surface area (Å²) in [6.07, 6.45) is 0. The Morgan fingerprint density at radius 1 is 0.909 bits per heavy atom. The zero-order chi connectivity index (χ0) is 15.7. The fraction of sp³-hybridized carbons (Fsp3) is 0.200. The summed E-state index contributed by atoms with van der Waals surface area (Å²) in [4.78, 5) is 2.18. The summed E-state index contributed by atoms with van der Waals surface area (Å²) in [6.45, 7) is 2.18. The molecule has 0 aromatic heterocycles. The normalized spacial score (nSPS) is 12.7. The third-order valence-corrected chi connectivity index (χ3v) is 4.34. The summed E-state index contributed by atoms with van der Waals surface area (Å²) in [7, 11) is 4.15. The lowest BCUT2D eigenvalue weighted by molar-refractivity contribution is 0.321. The molecular formula is C20H21NO. The second kappa shape index (κ2) is 5.82. The summed E-state index contributed by atoms with van der Waals surface area (Å²) in [5, 5.41) is 12.6. The molecule has 1 N–H and O–H groups in total. The first-order chi connectivity index (χ1) is 10.6. The van der Waals surface area contributed by atoms with Gasteiger partial charge in [-0.3, -0.25) is 0 Å². The fourth-order valence-corrected chi connectivity index (χ4v) is 2.82. The van der Waals surface area contributed by atoms with Gasteiger partial charge in [0.1, 0.15) is 5.75 Å². The van der Waals surface area contributed by atoms with Crippen LogP contribution in [0.4, 0.5) is 0 Å². The van der Waals surface area contributed by atoms with E-state index < -0.39 is 0 Å². The van der Waals surface area contributed by atoms with Crippen molar-refractivity contribution in [2.45, 2.75) is 13.0 Å². The number of fused-ring (bicyclic) bond motifs is 1. The number of hydrogen-bond acceptors (Lipinski definition) is 2. The van der Waals surface area contributed by atoms with Gasteiger partial charge >= 0.3 is 0 Å². The van der Waals surface area contributed by atoms with E-state index in [1.807, 2.05) is 18.2 Å². The van der Waals surface area contributed by atoms with Gasteiger partial charge in [-0.1, -0.05) is 48.5 Å². The van der Waals surface area contributed by atoms with Crippen LogP contribution in [0.5, 0.6) is 5.75 Å². The van der Waals surface area contributed by atoms with Crippen LogP contribution in [0.3, 0.4) is 0 Å². The van der Waals surface area contributed by atoms with Gasteiger partial charge in [0.05, 0.1) is 0 Å². The molecule has 0 heterocycles. The lowest BCUT2D eigenvalue weighted by Gasteiger charge is -2.21. The molecule has 112 valence electrons. The van der Waals surface area contributed by atoms with E-state index in [1.54, 1.807) is 6.07 Å². The number of rotatable bonds is 3. The maximum Gasteiger partial charge on any atom is 0.124 e. The van der Waals surface area contributed by atoms with E-state index in [2.05, 4.69) is 62.3 Å². The van der Waals surface area contributed by atoms with Crippen molar-refractivity contribution in [2.24, 2.45) is 0 Å². The first kappa shape index (κ1) is 14.6. The zero-order valence-electron chi connectivity index (χ0n) is 13.2. The van der Waals surface area contributed by atoms with E-state index in [9.17, 15) is 5.11 Å². The summed E-state index contributed by atoms with van der Waals surface area (Å²) in [6, 6.07) is 20.7. The molecule has 0 radical (unpaired) electrons. The molecule has 2 heteroatoms. The average Bonchev–Trinajstić information content (AvgIpc) is 2.54. The van der Waals surface area contributed by atoms with Gasteiger partial charge in [0.15, 0.2) is 0 Å². The minimum absolute atomic E-state index is 0.327. The van der Waals surface area contributed by atoms with Crippen molar-refractivity contribution in [3.63, 3.8) is 0 Å². The molecular weight excluding hydrogens is 270 g/mol. The van der Waals surface area contributed by atoms with Crippen LogP contribution in [0.25, 0.3) is 21.9 Å². The van der Waals surface area contributed by atoms with E-state index in [-0.39, 0.29) is 0 Å². The van der Waals surface area contributed by atoms with E-state index in [1.165, 1.54) is 5.56 Å². The van der Waals surface area contributed by atoms with Crippen molar-refractivity contribution < 1.29 is 5.11 Å². The monoisotopic (exact) mass is 291 g/mol. The molecule has 1 atom stereocenters. The van der Waals surface area contributed by atoms with Crippen LogP contribution in [-0.2, 0) is 0 Å². The predicted octanol–water partition coefficient (Wildman–Crippen LogP) is 4.84. The van der Waals surface area contributed by atoms with Gasteiger partial charge in [-0.25, -0.2) is 0 Å². The van der Waals surface area contributed by atoms with Crippen molar-refractivity contribution in [1.29, 1.82) is 0 Å². The fourth-order valence-electron chi connectivity index (χ4n) is 2.82. The molecule has 2 nitrogen and oxygen atoms in total. The van der Waals surface area contributed by atoms with Crippen LogP contribution in [0.15, 0.2) is 60.7 Å². The van der Waals surface area contributed by atoms with E-state index >= 15 is 0 Å². The summed E-state index contributed by atoms with van der Waals surface area (Å²) >= 11 is 0. The van der Waals surface area contributed by atoms with Crippen LogP contribution >= 0.6 is 0 Å². The molecule has 0 saturated carbocycles. The Bertz CT molecular complexity index is 808. The molecule has 1 unspecified atom stereocenters. The third-order valence-electron chi connectivity index (χ3n) is 4.34. The van der Waals surface area contributed by atoms with Crippen molar-refractivity contribution >= 4 is 10.8 Å². The Kier molecular flexibility index (Phi) is 3.86. The predicted molar refractivity (Wildman–Crippen MR) is 93.2 cm³/mol. The molecule has 0 fully saturated rings. The topological polar surface area (TPSA) is 23.5 Å². The Labute approximate surface area is 131 Å². The summed E-state index contributed by atoms with van der Waals surface area (Å²) in [5.41, 5.74) is 3.21. The highest BCUT2D eigenvalue weighted by atomic mass is 16.3. The quantitative estimate of drug-likeness (QED) is 0.746. The van der Waals surface area contributed by atoms with Gasteiger partial charge in [0.25, 0.3) is 0 Å². The Balaban J connectivity index is 2.20. The number of benzene rings is 3. The third kappa shape index (κ3) is 2.58. The molecule has 0 aliphatic carbocycles. The molecule has 0 aliphatic rings. The number of aromatic hydroxyl groups is 1. The minimum Gasteiger partial charge on any atom is -0.507 e. The molecule has 3 aromatic rings. The molecule has 3 rings (SSSR count). The second-order valence-electron chi connectivity index (χ2n) is 5.95. The minimum atomic E-state index is 0.327. The van der Waals surface area contributed by atoms with E-state index in [4.69, 9.17) is 0 Å². The lowest BCUT2D eigenvalue weighted by Crippen LogP contribution is -2.16. The molecule has 0 spiro atoms. The Morgan fingerprint density at radius 2 is 1.68 bits per heavy atom.